The molecule has 0 radical (unpaired) electrons. The Labute approximate surface area is 191 Å². The number of carbonyl (C=O) groups excluding carboxylic acids is 1. The topological polar surface area (TPSA) is 100.0 Å². The van der Waals surface area contributed by atoms with Crippen LogP contribution < -0.4 is 0 Å². The molecule has 3 heterocycles. The van der Waals surface area contributed by atoms with E-state index in [1.807, 2.05) is 6.07 Å². The van der Waals surface area contributed by atoms with Crippen molar-refractivity contribution in [1.82, 2.24) is 24.2 Å². The van der Waals surface area contributed by atoms with E-state index >= 15 is 0 Å². The van der Waals surface area contributed by atoms with Gasteiger partial charge in [-0.05, 0) is 38.1 Å². The van der Waals surface area contributed by atoms with Crippen molar-refractivity contribution in [2.45, 2.75) is 38.2 Å². The highest BCUT2D eigenvalue weighted by atomic mass is 19.4. The second kappa shape index (κ2) is 7.95. The number of fused-ring (bicyclic) bond motifs is 1. The largest absolute Gasteiger partial charge is 0.424 e. The lowest BCUT2D eigenvalue weighted by atomic mass is 10.0. The fourth-order valence-corrected chi connectivity index (χ4v) is 4.10. The summed E-state index contributed by atoms with van der Waals surface area (Å²) in [5.41, 5.74) is -1.87. The first-order chi connectivity index (χ1) is 15.8. The van der Waals surface area contributed by atoms with Gasteiger partial charge >= 0.3 is 6.18 Å². The number of hydrogen-bond donors (Lipinski definition) is 1. The minimum atomic E-state index is -4.92. The number of aromatic nitrogens is 4. The zero-order valence-corrected chi connectivity index (χ0v) is 18.4. The predicted molar refractivity (Wildman–Crippen MR) is 111 cm³/mol. The van der Waals surface area contributed by atoms with E-state index in [4.69, 9.17) is 0 Å². The van der Waals surface area contributed by atoms with Gasteiger partial charge in [-0.25, -0.2) is 9.37 Å². The highest BCUT2D eigenvalue weighted by molar-refractivity contribution is 5.94. The second-order valence-electron chi connectivity index (χ2n) is 8.39. The monoisotopic (exact) mass is 476 g/mol. The third kappa shape index (κ3) is 3.71. The fraction of sp³-hybridized carbons (Fsp3) is 0.364. The first kappa shape index (κ1) is 23.4. The molecule has 0 saturated carbocycles. The zero-order chi connectivity index (χ0) is 25.0. The minimum absolute atomic E-state index is 0.0232. The normalized spacial score (nSPS) is 17.7. The molecule has 0 unspecified atom stereocenters. The lowest BCUT2D eigenvalue weighted by molar-refractivity contribution is -0.263. The van der Waals surface area contributed by atoms with Crippen molar-refractivity contribution in [3.63, 3.8) is 0 Å². The molecule has 0 aliphatic carbocycles. The fourth-order valence-electron chi connectivity index (χ4n) is 4.10. The SMILES string of the molecule is C[C@H]1CN(C(=O)c2cc(-c3ccc(F)cc3C#N)nn2C)Cc2cnc([C@@](C)(O)C(F)(F)F)n21. The van der Waals surface area contributed by atoms with Crippen LogP contribution in [-0.2, 0) is 19.2 Å². The van der Waals surface area contributed by atoms with E-state index in [0.29, 0.717) is 23.9 Å². The van der Waals surface area contributed by atoms with Gasteiger partial charge < -0.3 is 14.6 Å². The van der Waals surface area contributed by atoms with E-state index < -0.39 is 35.4 Å². The number of imidazole rings is 1. The Morgan fingerprint density at radius 1 is 1.29 bits per heavy atom. The van der Waals surface area contributed by atoms with Gasteiger partial charge in [0.2, 0.25) is 5.60 Å². The molecule has 4 rings (SSSR count). The smallest absolute Gasteiger partial charge is 0.374 e. The van der Waals surface area contributed by atoms with Gasteiger partial charge in [0.25, 0.3) is 5.91 Å². The molecule has 0 fully saturated rings. The lowest BCUT2D eigenvalue weighted by Crippen LogP contribution is -2.45. The van der Waals surface area contributed by atoms with Crippen LogP contribution in [0.1, 0.15) is 47.5 Å². The number of amides is 1. The van der Waals surface area contributed by atoms with Crippen molar-refractivity contribution in [3.8, 4) is 17.3 Å². The number of hydrogen-bond acceptors (Lipinski definition) is 5. The van der Waals surface area contributed by atoms with Crippen molar-refractivity contribution in [2.75, 3.05) is 6.54 Å². The van der Waals surface area contributed by atoms with Gasteiger partial charge in [0.05, 0.1) is 41.8 Å². The molecule has 1 aromatic carbocycles. The molecule has 0 spiro atoms. The van der Waals surface area contributed by atoms with Crippen LogP contribution in [0.2, 0.25) is 0 Å². The van der Waals surface area contributed by atoms with Crippen LogP contribution in [-0.4, -0.2) is 48.0 Å². The molecular formula is C22H20F4N6O2. The molecule has 0 saturated heterocycles. The molecule has 1 amide bonds. The minimum Gasteiger partial charge on any atom is -0.374 e. The maximum absolute atomic E-state index is 13.5. The standard InChI is InChI=1S/C22H20F4N6O2/c1-12-10-31(11-15-9-28-20(32(12)15)21(2,34)22(24,25)26)19(33)18-7-17(29-30(18)3)16-5-4-14(23)6-13(16)8-27/h4-7,9,12,34H,10-11H2,1-3H3/t12-,21+/m0/s1. The highest BCUT2D eigenvalue weighted by Crippen LogP contribution is 2.40. The molecule has 0 bridgehead atoms. The number of rotatable bonds is 3. The van der Waals surface area contributed by atoms with Gasteiger partial charge in [0.1, 0.15) is 11.5 Å². The van der Waals surface area contributed by atoms with E-state index in [-0.39, 0.29) is 24.3 Å². The van der Waals surface area contributed by atoms with Crippen LogP contribution in [0.5, 0.6) is 0 Å². The Hall–Kier alpha value is -3.72. The Morgan fingerprint density at radius 3 is 2.65 bits per heavy atom. The Morgan fingerprint density at radius 2 is 2.00 bits per heavy atom. The summed E-state index contributed by atoms with van der Waals surface area (Å²) in [7, 11) is 1.54. The summed E-state index contributed by atoms with van der Waals surface area (Å²) < 4.78 is 56.2. The third-order valence-electron chi connectivity index (χ3n) is 5.90. The van der Waals surface area contributed by atoms with E-state index in [1.54, 1.807) is 14.0 Å². The lowest BCUT2D eigenvalue weighted by Gasteiger charge is -2.36. The average molecular weight is 476 g/mol. The van der Waals surface area contributed by atoms with Gasteiger partial charge in [-0.1, -0.05) is 0 Å². The summed E-state index contributed by atoms with van der Waals surface area (Å²) >= 11 is 0. The summed E-state index contributed by atoms with van der Waals surface area (Å²) in [6.07, 6.45) is -3.70. The molecule has 2 aromatic heterocycles. The summed E-state index contributed by atoms with van der Waals surface area (Å²) in [5, 5.41) is 23.7. The van der Waals surface area contributed by atoms with Gasteiger partial charge in [-0.15, -0.1) is 0 Å². The molecule has 34 heavy (non-hydrogen) atoms. The Kier molecular flexibility index (Phi) is 5.48. The van der Waals surface area contributed by atoms with Gasteiger partial charge in [0.15, 0.2) is 5.82 Å². The number of benzene rings is 1. The molecule has 1 aliphatic heterocycles. The first-order valence-electron chi connectivity index (χ1n) is 10.2. The van der Waals surface area contributed by atoms with Crippen LogP contribution in [0.3, 0.4) is 0 Å². The summed E-state index contributed by atoms with van der Waals surface area (Å²) in [5.74, 6) is -1.53. The van der Waals surface area contributed by atoms with Crippen LogP contribution in [0.25, 0.3) is 11.3 Å². The highest BCUT2D eigenvalue weighted by Gasteiger charge is 2.55. The van der Waals surface area contributed by atoms with Crippen LogP contribution >= 0.6 is 0 Å². The zero-order valence-electron chi connectivity index (χ0n) is 18.4. The van der Waals surface area contributed by atoms with Gasteiger partial charge in [-0.3, -0.25) is 9.48 Å². The van der Waals surface area contributed by atoms with Crippen molar-refractivity contribution in [1.29, 1.82) is 5.26 Å². The first-order valence-corrected chi connectivity index (χ1v) is 10.2. The summed E-state index contributed by atoms with van der Waals surface area (Å²) in [4.78, 5) is 18.5. The maximum atomic E-state index is 13.5. The number of carbonyl (C=O) groups is 1. The molecule has 8 nitrogen and oxygen atoms in total. The number of halogens is 4. The molecular weight excluding hydrogens is 456 g/mol. The quantitative estimate of drug-likeness (QED) is 0.585. The molecule has 178 valence electrons. The summed E-state index contributed by atoms with van der Waals surface area (Å²) in [6, 6.07) is 6.46. The van der Waals surface area contributed by atoms with Gasteiger partial charge in [-0.2, -0.15) is 23.5 Å². The Bertz CT molecular complexity index is 1320. The molecule has 12 heteroatoms. The summed E-state index contributed by atoms with van der Waals surface area (Å²) in [6.45, 7) is 2.33. The van der Waals surface area contributed by atoms with Crippen molar-refractivity contribution < 1.29 is 27.5 Å². The van der Waals surface area contributed by atoms with E-state index in [2.05, 4.69) is 10.1 Å². The van der Waals surface area contributed by atoms with E-state index in [9.17, 15) is 32.7 Å². The van der Waals surface area contributed by atoms with Crippen LogP contribution in [0.15, 0.2) is 30.5 Å². The number of aliphatic hydroxyl groups is 1. The number of nitrogens with zero attached hydrogens (tertiary/aromatic N) is 6. The average Bonchev–Trinajstić information content (AvgIpc) is 3.36. The number of nitriles is 1. The van der Waals surface area contributed by atoms with E-state index in [1.165, 1.54) is 38.5 Å². The number of alkyl halides is 3. The third-order valence-corrected chi connectivity index (χ3v) is 5.90. The van der Waals surface area contributed by atoms with Crippen molar-refractivity contribution in [2.24, 2.45) is 7.05 Å². The van der Waals surface area contributed by atoms with Crippen LogP contribution in [0, 0.1) is 17.1 Å². The van der Waals surface area contributed by atoms with Crippen molar-refractivity contribution >= 4 is 5.91 Å². The van der Waals surface area contributed by atoms with Crippen LogP contribution in [0.4, 0.5) is 17.6 Å². The second-order valence-corrected chi connectivity index (χ2v) is 8.39. The molecule has 3 aromatic rings. The predicted octanol–water partition coefficient (Wildman–Crippen LogP) is 3.28. The Balaban J connectivity index is 1.64. The molecule has 1 aliphatic rings. The van der Waals surface area contributed by atoms with E-state index in [0.717, 1.165) is 6.07 Å². The molecule has 1 N–H and O–H groups in total. The van der Waals surface area contributed by atoms with Gasteiger partial charge in [0, 0.05) is 19.2 Å². The van der Waals surface area contributed by atoms with Crippen molar-refractivity contribution in [3.05, 3.63) is 59.1 Å². The molecule has 2 atom stereocenters. The number of aryl methyl sites for hydroxylation is 1. The maximum Gasteiger partial charge on any atom is 0.424 e.